The van der Waals surface area contributed by atoms with Crippen LogP contribution in [0.15, 0.2) is 18.2 Å². The number of hydrogen-bond acceptors (Lipinski definition) is 1. The number of benzene rings is 1. The van der Waals surface area contributed by atoms with Crippen molar-refractivity contribution in [1.29, 1.82) is 0 Å². The van der Waals surface area contributed by atoms with Gasteiger partial charge in [-0.2, -0.15) is 0 Å². The van der Waals surface area contributed by atoms with Gasteiger partial charge >= 0.3 is 0 Å². The molecule has 0 spiro atoms. The summed E-state index contributed by atoms with van der Waals surface area (Å²) >= 11 is 3.62. The average molecular weight is 296 g/mol. The highest BCUT2D eigenvalue weighted by Gasteiger charge is 2.18. The largest absolute Gasteiger partial charge is 0.299 e. The van der Waals surface area contributed by atoms with Crippen molar-refractivity contribution in [2.75, 3.05) is 18.4 Å². The Labute approximate surface area is 113 Å². The molecule has 1 saturated heterocycles. The van der Waals surface area contributed by atoms with Crippen molar-refractivity contribution in [3.63, 3.8) is 0 Å². The fourth-order valence-electron chi connectivity index (χ4n) is 2.58. The summed E-state index contributed by atoms with van der Waals surface area (Å²) in [5.74, 6) is 0.843. The first-order valence-corrected chi connectivity index (χ1v) is 7.65. The number of alkyl halides is 1. The molecule has 0 radical (unpaired) electrons. The maximum Gasteiger partial charge on any atom is 0.0233 e. The van der Waals surface area contributed by atoms with E-state index in [2.05, 4.69) is 52.9 Å². The van der Waals surface area contributed by atoms with Crippen LogP contribution in [0.3, 0.4) is 0 Å². The maximum absolute atomic E-state index is 3.62. The number of rotatable bonds is 3. The normalized spacial score (nSPS) is 21.7. The van der Waals surface area contributed by atoms with Crippen molar-refractivity contribution in [1.82, 2.24) is 4.90 Å². The molecule has 0 aliphatic carbocycles. The minimum absolute atomic E-state index is 0.843. The Morgan fingerprint density at radius 2 is 2.12 bits per heavy atom. The lowest BCUT2D eigenvalue weighted by Crippen LogP contribution is -2.35. The Hall–Kier alpha value is -0.340. The van der Waals surface area contributed by atoms with Gasteiger partial charge in [-0.1, -0.05) is 34.1 Å². The Morgan fingerprint density at radius 3 is 2.82 bits per heavy atom. The van der Waals surface area contributed by atoms with E-state index >= 15 is 0 Å². The monoisotopic (exact) mass is 295 g/mol. The Balaban J connectivity index is 1.97. The van der Waals surface area contributed by atoms with Crippen molar-refractivity contribution in [2.24, 2.45) is 5.92 Å². The molecule has 17 heavy (non-hydrogen) atoms. The molecule has 1 aliphatic heterocycles. The van der Waals surface area contributed by atoms with Gasteiger partial charge in [0.1, 0.15) is 0 Å². The van der Waals surface area contributed by atoms with Gasteiger partial charge < -0.3 is 0 Å². The second-order valence-corrected chi connectivity index (χ2v) is 5.96. The van der Waals surface area contributed by atoms with Crippen LogP contribution < -0.4 is 0 Å². The van der Waals surface area contributed by atoms with E-state index in [1.54, 1.807) is 0 Å². The molecule has 1 aromatic carbocycles. The third kappa shape index (κ3) is 3.56. The van der Waals surface area contributed by atoms with E-state index in [0.29, 0.717) is 0 Å². The van der Waals surface area contributed by atoms with Crippen molar-refractivity contribution < 1.29 is 0 Å². The maximum atomic E-state index is 3.62. The van der Waals surface area contributed by atoms with Crippen LogP contribution in [0, 0.1) is 19.8 Å². The molecule has 1 unspecified atom stereocenters. The van der Waals surface area contributed by atoms with Crippen LogP contribution >= 0.6 is 15.9 Å². The second-order valence-electron chi connectivity index (χ2n) is 5.32. The molecule has 0 N–H and O–H groups in total. The average Bonchev–Trinajstić information content (AvgIpc) is 2.34. The van der Waals surface area contributed by atoms with Crippen molar-refractivity contribution in [3.05, 3.63) is 34.9 Å². The number of nitrogens with zero attached hydrogens (tertiary/aromatic N) is 1. The van der Waals surface area contributed by atoms with Crippen LogP contribution in [-0.2, 0) is 6.54 Å². The van der Waals surface area contributed by atoms with Crippen LogP contribution in [-0.4, -0.2) is 23.3 Å². The van der Waals surface area contributed by atoms with Gasteiger partial charge in [-0.15, -0.1) is 0 Å². The number of hydrogen-bond donors (Lipinski definition) is 0. The van der Waals surface area contributed by atoms with E-state index in [4.69, 9.17) is 0 Å². The van der Waals surface area contributed by atoms with E-state index in [9.17, 15) is 0 Å². The molecule has 1 fully saturated rings. The summed E-state index contributed by atoms with van der Waals surface area (Å²) in [6.07, 6.45) is 2.73. The van der Waals surface area contributed by atoms with Crippen LogP contribution in [0.4, 0.5) is 0 Å². The summed E-state index contributed by atoms with van der Waals surface area (Å²) in [4.78, 5) is 2.60. The molecule has 0 aromatic heterocycles. The lowest BCUT2D eigenvalue weighted by Gasteiger charge is -2.32. The first-order chi connectivity index (χ1) is 8.19. The Kier molecular flexibility index (Phi) is 4.63. The fraction of sp³-hybridized carbons (Fsp3) is 0.600. The van der Waals surface area contributed by atoms with Gasteiger partial charge in [0, 0.05) is 18.4 Å². The van der Waals surface area contributed by atoms with Crippen molar-refractivity contribution in [2.45, 2.75) is 33.2 Å². The van der Waals surface area contributed by atoms with Gasteiger partial charge in [0.25, 0.3) is 0 Å². The first-order valence-electron chi connectivity index (χ1n) is 6.53. The van der Waals surface area contributed by atoms with Crippen LogP contribution in [0.25, 0.3) is 0 Å². The van der Waals surface area contributed by atoms with Gasteiger partial charge in [-0.3, -0.25) is 4.90 Å². The molecule has 0 saturated carbocycles. The number of piperidine rings is 1. The number of likely N-dealkylation sites (tertiary alicyclic amines) is 1. The first kappa shape index (κ1) is 13.1. The standard InChI is InChI=1S/C15H22BrN/c1-12-5-6-14(8-13(12)2)10-17-7-3-4-15(9-16)11-17/h5-6,8,15H,3-4,7,9-11H2,1-2H3. The predicted molar refractivity (Wildman–Crippen MR) is 77.7 cm³/mol. The fourth-order valence-corrected chi connectivity index (χ4v) is 3.11. The predicted octanol–water partition coefficient (Wildman–Crippen LogP) is 3.91. The molecule has 2 heteroatoms. The van der Waals surface area contributed by atoms with Crippen molar-refractivity contribution >= 4 is 15.9 Å². The number of aryl methyl sites for hydroxylation is 2. The number of halogens is 1. The summed E-state index contributed by atoms with van der Waals surface area (Å²) in [5.41, 5.74) is 4.27. The lowest BCUT2D eigenvalue weighted by atomic mass is 9.99. The molecule has 1 heterocycles. The zero-order chi connectivity index (χ0) is 12.3. The molecule has 1 nitrogen and oxygen atoms in total. The Morgan fingerprint density at radius 1 is 1.29 bits per heavy atom. The van der Waals surface area contributed by atoms with E-state index < -0.39 is 0 Å². The SMILES string of the molecule is Cc1ccc(CN2CCCC(CBr)C2)cc1C. The molecular formula is C15H22BrN. The van der Waals surface area contributed by atoms with E-state index in [1.165, 1.54) is 42.6 Å². The van der Waals surface area contributed by atoms with Crippen molar-refractivity contribution in [3.8, 4) is 0 Å². The minimum Gasteiger partial charge on any atom is -0.299 e. The van der Waals surface area contributed by atoms with Gasteiger partial charge in [0.15, 0.2) is 0 Å². The van der Waals surface area contributed by atoms with Gasteiger partial charge in [0.2, 0.25) is 0 Å². The molecule has 1 atom stereocenters. The summed E-state index contributed by atoms with van der Waals surface area (Å²) < 4.78 is 0. The summed E-state index contributed by atoms with van der Waals surface area (Å²) in [7, 11) is 0. The van der Waals surface area contributed by atoms with E-state index in [1.807, 2.05) is 0 Å². The Bertz CT molecular complexity index is 375. The highest BCUT2D eigenvalue weighted by atomic mass is 79.9. The van der Waals surface area contributed by atoms with Gasteiger partial charge in [-0.05, 0) is 55.8 Å². The quantitative estimate of drug-likeness (QED) is 0.764. The van der Waals surface area contributed by atoms with Gasteiger partial charge in [0.05, 0.1) is 0 Å². The highest BCUT2D eigenvalue weighted by molar-refractivity contribution is 9.09. The topological polar surface area (TPSA) is 3.24 Å². The van der Waals surface area contributed by atoms with Crippen LogP contribution in [0.1, 0.15) is 29.5 Å². The summed E-state index contributed by atoms with van der Waals surface area (Å²) in [5, 5.41) is 1.15. The van der Waals surface area contributed by atoms with E-state index in [0.717, 1.165) is 17.8 Å². The zero-order valence-corrected chi connectivity index (χ0v) is 12.5. The van der Waals surface area contributed by atoms with Gasteiger partial charge in [-0.25, -0.2) is 0 Å². The molecule has 0 bridgehead atoms. The lowest BCUT2D eigenvalue weighted by molar-refractivity contribution is 0.179. The molecule has 0 amide bonds. The zero-order valence-electron chi connectivity index (χ0n) is 10.9. The van der Waals surface area contributed by atoms with Crippen LogP contribution in [0.5, 0.6) is 0 Å². The molecule has 1 aromatic rings. The third-order valence-electron chi connectivity index (χ3n) is 3.80. The summed E-state index contributed by atoms with van der Waals surface area (Å²) in [6, 6.07) is 6.86. The molecular weight excluding hydrogens is 274 g/mol. The minimum atomic E-state index is 0.843. The highest BCUT2D eigenvalue weighted by Crippen LogP contribution is 2.20. The van der Waals surface area contributed by atoms with Crippen LogP contribution in [0.2, 0.25) is 0 Å². The smallest absolute Gasteiger partial charge is 0.0233 e. The molecule has 2 rings (SSSR count). The third-order valence-corrected chi connectivity index (χ3v) is 4.71. The molecule has 94 valence electrons. The second kappa shape index (κ2) is 6.01. The van der Waals surface area contributed by atoms with E-state index in [-0.39, 0.29) is 0 Å². The summed E-state index contributed by atoms with van der Waals surface area (Å²) in [6.45, 7) is 8.01. The molecule has 1 aliphatic rings.